The Balaban J connectivity index is 0.935. The van der Waals surface area contributed by atoms with Gasteiger partial charge in [0, 0.05) is 38.0 Å². The van der Waals surface area contributed by atoms with Crippen molar-refractivity contribution >= 4 is 71.1 Å². The molecule has 1 aliphatic carbocycles. The highest BCUT2D eigenvalue weighted by molar-refractivity contribution is 6.15. The SMILES string of the molecule is C1=CCCC(c2cc(-c3ccccc3)cc(-c3cccc(-n4c5ccc(-c6ccccc6)cc5c5cc(-c6ccc7c(c6)c6ccccc6n7-c6cccc7c6oc6ccccc67)ccc54)c3)c2)=C1. The molecule has 324 valence electrons. The van der Waals surface area contributed by atoms with E-state index in [-0.39, 0.29) is 0 Å². The van der Waals surface area contributed by atoms with E-state index in [4.69, 9.17) is 4.42 Å². The number of nitrogens with zero attached hydrogens (tertiary/aromatic N) is 2. The Morgan fingerprint density at radius 2 is 0.855 bits per heavy atom. The van der Waals surface area contributed by atoms with Gasteiger partial charge in [0.2, 0.25) is 0 Å². The van der Waals surface area contributed by atoms with E-state index in [2.05, 4.69) is 246 Å². The van der Waals surface area contributed by atoms with E-state index in [1.165, 1.54) is 88.2 Å². The molecule has 0 radical (unpaired) electrons. The van der Waals surface area contributed by atoms with Crippen LogP contribution >= 0.6 is 0 Å². The highest BCUT2D eigenvalue weighted by atomic mass is 16.3. The van der Waals surface area contributed by atoms with Gasteiger partial charge in [-0.15, -0.1) is 0 Å². The number of para-hydroxylation sites is 3. The van der Waals surface area contributed by atoms with Crippen LogP contribution in [0.1, 0.15) is 18.4 Å². The topological polar surface area (TPSA) is 23.0 Å². The van der Waals surface area contributed by atoms with Crippen molar-refractivity contribution in [1.82, 2.24) is 9.13 Å². The number of benzene rings is 10. The molecule has 13 aromatic rings. The molecule has 0 unspecified atom stereocenters. The molecule has 1 aliphatic rings. The van der Waals surface area contributed by atoms with Crippen molar-refractivity contribution in [3.05, 3.63) is 248 Å². The van der Waals surface area contributed by atoms with Crippen molar-refractivity contribution in [2.24, 2.45) is 0 Å². The molecule has 0 saturated carbocycles. The summed E-state index contributed by atoms with van der Waals surface area (Å²) in [6.07, 6.45) is 8.85. The van der Waals surface area contributed by atoms with Gasteiger partial charge in [-0.1, -0.05) is 158 Å². The lowest BCUT2D eigenvalue weighted by Crippen LogP contribution is -1.95. The van der Waals surface area contributed by atoms with Crippen LogP contribution in [-0.2, 0) is 0 Å². The molecule has 3 nitrogen and oxygen atoms in total. The van der Waals surface area contributed by atoms with Gasteiger partial charge < -0.3 is 13.6 Å². The third kappa shape index (κ3) is 6.50. The van der Waals surface area contributed by atoms with Gasteiger partial charge in [0.05, 0.1) is 27.8 Å². The third-order valence-corrected chi connectivity index (χ3v) is 14.4. The molecule has 10 aromatic carbocycles. The fraction of sp³-hybridized carbons (Fsp3) is 0.0303. The summed E-state index contributed by atoms with van der Waals surface area (Å²) in [7, 11) is 0. The Hall–Kier alpha value is -8.92. The maximum absolute atomic E-state index is 6.60. The van der Waals surface area contributed by atoms with Crippen LogP contribution in [0.4, 0.5) is 0 Å². The lowest BCUT2D eigenvalue weighted by molar-refractivity contribution is 0.666. The summed E-state index contributed by atoms with van der Waals surface area (Å²) < 4.78 is 11.4. The Bertz CT molecular complexity index is 4240. The van der Waals surface area contributed by atoms with E-state index in [0.29, 0.717) is 0 Å². The van der Waals surface area contributed by atoms with Gasteiger partial charge in [-0.25, -0.2) is 0 Å². The molecule has 0 amide bonds. The summed E-state index contributed by atoms with van der Waals surface area (Å²) in [6.45, 7) is 0. The van der Waals surface area contributed by atoms with E-state index in [9.17, 15) is 0 Å². The molecule has 0 fully saturated rings. The summed E-state index contributed by atoms with van der Waals surface area (Å²) >= 11 is 0. The monoisotopic (exact) mass is 880 g/mol. The van der Waals surface area contributed by atoms with Crippen molar-refractivity contribution in [3.63, 3.8) is 0 Å². The van der Waals surface area contributed by atoms with Crippen LogP contribution in [-0.4, -0.2) is 9.13 Å². The fourth-order valence-corrected chi connectivity index (χ4v) is 11.1. The average molecular weight is 881 g/mol. The van der Waals surface area contributed by atoms with E-state index in [1.54, 1.807) is 0 Å². The lowest BCUT2D eigenvalue weighted by atomic mass is 9.90. The Morgan fingerprint density at radius 3 is 1.57 bits per heavy atom. The van der Waals surface area contributed by atoms with Crippen molar-refractivity contribution in [3.8, 4) is 55.9 Å². The molecule has 0 atom stereocenters. The van der Waals surface area contributed by atoms with E-state index < -0.39 is 0 Å². The minimum atomic E-state index is 0.896. The van der Waals surface area contributed by atoms with Crippen LogP contribution in [0.3, 0.4) is 0 Å². The Kier molecular flexibility index (Phi) is 9.03. The molecular weight excluding hydrogens is 837 g/mol. The first kappa shape index (κ1) is 39.3. The van der Waals surface area contributed by atoms with E-state index >= 15 is 0 Å². The summed E-state index contributed by atoms with van der Waals surface area (Å²) in [6, 6.07) is 82.2. The van der Waals surface area contributed by atoms with Crippen molar-refractivity contribution in [1.29, 1.82) is 0 Å². The Labute approximate surface area is 399 Å². The van der Waals surface area contributed by atoms with Gasteiger partial charge >= 0.3 is 0 Å². The quantitative estimate of drug-likeness (QED) is 0.156. The minimum absolute atomic E-state index is 0.896. The lowest BCUT2D eigenvalue weighted by Gasteiger charge is -2.15. The van der Waals surface area contributed by atoms with Crippen LogP contribution in [0.5, 0.6) is 0 Å². The van der Waals surface area contributed by atoms with Crippen LogP contribution in [0.25, 0.3) is 127 Å². The number of fused-ring (bicyclic) bond motifs is 9. The van der Waals surface area contributed by atoms with Crippen molar-refractivity contribution < 1.29 is 4.42 Å². The van der Waals surface area contributed by atoms with Gasteiger partial charge in [0.15, 0.2) is 5.58 Å². The van der Waals surface area contributed by atoms with Crippen LogP contribution in [0.2, 0.25) is 0 Å². The second-order valence-electron chi connectivity index (χ2n) is 18.4. The van der Waals surface area contributed by atoms with Gasteiger partial charge in [0.25, 0.3) is 0 Å². The predicted molar refractivity (Wildman–Crippen MR) is 290 cm³/mol. The molecule has 14 rings (SSSR count). The molecule has 0 bridgehead atoms. The zero-order chi connectivity index (χ0) is 45.4. The zero-order valence-electron chi connectivity index (χ0n) is 37.8. The first-order valence-corrected chi connectivity index (χ1v) is 24.0. The van der Waals surface area contributed by atoms with Gasteiger partial charge in [-0.05, 0) is 153 Å². The fourth-order valence-electron chi connectivity index (χ4n) is 11.1. The summed E-state index contributed by atoms with van der Waals surface area (Å²) in [5.41, 5.74) is 20.9. The third-order valence-electron chi connectivity index (χ3n) is 14.4. The average Bonchev–Trinajstić information content (AvgIpc) is 4.09. The van der Waals surface area contributed by atoms with Crippen molar-refractivity contribution in [2.45, 2.75) is 12.8 Å². The molecule has 0 saturated heterocycles. The second-order valence-corrected chi connectivity index (χ2v) is 18.4. The van der Waals surface area contributed by atoms with Crippen LogP contribution in [0, 0.1) is 0 Å². The maximum atomic E-state index is 6.60. The van der Waals surface area contributed by atoms with Gasteiger partial charge in [-0.3, -0.25) is 0 Å². The van der Waals surface area contributed by atoms with Crippen LogP contribution in [0.15, 0.2) is 247 Å². The van der Waals surface area contributed by atoms with Gasteiger partial charge in [-0.2, -0.15) is 0 Å². The van der Waals surface area contributed by atoms with E-state index in [0.717, 1.165) is 57.2 Å². The zero-order valence-corrected chi connectivity index (χ0v) is 37.8. The summed E-state index contributed by atoms with van der Waals surface area (Å²) in [5.74, 6) is 0. The van der Waals surface area contributed by atoms with Gasteiger partial charge in [0.1, 0.15) is 5.58 Å². The standard InChI is InChI=1S/C66H44N2O/c1-4-16-43(17-5-1)47-30-33-61-58(40-47)59-42-49(48-32-35-63-57(41-48)54-24-10-12-27-60(54)68(63)64-28-15-26-56-55-25-11-13-29-65(55)69-66(56)64)31-34-62(59)67(61)53-23-14-22-46(39-53)52-37-50(44-18-6-2-7-19-44)36-51(38-52)45-20-8-3-9-21-45/h1-8,10-20,22-42H,9,21H2. The number of aromatic nitrogens is 2. The molecule has 3 aromatic heterocycles. The molecule has 0 spiro atoms. The smallest absolute Gasteiger partial charge is 0.159 e. The highest BCUT2D eigenvalue weighted by Gasteiger charge is 2.20. The number of hydrogen-bond acceptors (Lipinski definition) is 1. The summed E-state index contributed by atoms with van der Waals surface area (Å²) in [5, 5.41) is 7.11. The number of allylic oxidation sites excluding steroid dienone is 4. The molecule has 0 aliphatic heterocycles. The predicted octanol–water partition coefficient (Wildman–Crippen LogP) is 18.2. The molecule has 0 N–H and O–H groups in total. The second kappa shape index (κ2) is 15.9. The largest absolute Gasteiger partial charge is 0.454 e. The maximum Gasteiger partial charge on any atom is 0.159 e. The highest BCUT2D eigenvalue weighted by Crippen LogP contribution is 2.42. The minimum Gasteiger partial charge on any atom is -0.454 e. The first-order valence-electron chi connectivity index (χ1n) is 24.0. The first-order chi connectivity index (χ1) is 34.2. The van der Waals surface area contributed by atoms with Crippen LogP contribution < -0.4 is 0 Å². The van der Waals surface area contributed by atoms with E-state index in [1.807, 2.05) is 6.07 Å². The molecule has 3 heteroatoms. The van der Waals surface area contributed by atoms with Crippen molar-refractivity contribution in [2.75, 3.05) is 0 Å². The summed E-state index contributed by atoms with van der Waals surface area (Å²) in [4.78, 5) is 0. The number of hydrogen-bond donors (Lipinski definition) is 0. The number of rotatable bonds is 7. The Morgan fingerprint density at radius 1 is 0.333 bits per heavy atom. The molecule has 69 heavy (non-hydrogen) atoms. The molecule has 3 heterocycles. The molecular formula is C66H44N2O. The normalized spacial score (nSPS) is 12.8. The number of furan rings is 1.